The summed E-state index contributed by atoms with van der Waals surface area (Å²) in [5.74, 6) is 1.85. The van der Waals surface area contributed by atoms with Gasteiger partial charge in [0.25, 0.3) is 0 Å². The summed E-state index contributed by atoms with van der Waals surface area (Å²) in [5, 5.41) is 7.65. The van der Waals surface area contributed by atoms with Crippen LogP contribution in [-0.4, -0.2) is 25.2 Å². The van der Waals surface area contributed by atoms with Crippen LogP contribution in [0.2, 0.25) is 0 Å². The van der Waals surface area contributed by atoms with E-state index in [1.54, 1.807) is 0 Å². The highest BCUT2D eigenvalue weighted by Gasteiger charge is 2.35. The molecule has 2 heteroatoms. The summed E-state index contributed by atoms with van der Waals surface area (Å²) in [6, 6.07) is 1.45. The topological polar surface area (TPSA) is 24.1 Å². The van der Waals surface area contributed by atoms with E-state index in [0.717, 1.165) is 37.0 Å². The predicted molar refractivity (Wildman–Crippen MR) is 78.8 cm³/mol. The van der Waals surface area contributed by atoms with E-state index >= 15 is 0 Å². The first-order valence-corrected chi connectivity index (χ1v) is 8.33. The zero-order valence-corrected chi connectivity index (χ0v) is 12.4. The van der Waals surface area contributed by atoms with Crippen LogP contribution in [-0.2, 0) is 0 Å². The molecule has 106 valence electrons. The quantitative estimate of drug-likeness (QED) is 0.726. The minimum atomic E-state index is 0.723. The fraction of sp³-hybridized carbons (Fsp3) is 1.00. The number of rotatable bonds is 7. The Hall–Kier alpha value is -0.0800. The molecule has 0 aromatic heterocycles. The Bertz CT molecular complexity index is 193. The van der Waals surface area contributed by atoms with Crippen LogP contribution in [0.3, 0.4) is 0 Å². The molecular weight excluding hydrogens is 220 g/mol. The molecule has 0 bridgehead atoms. The first-order chi connectivity index (χ1) is 8.86. The van der Waals surface area contributed by atoms with E-state index in [-0.39, 0.29) is 0 Å². The van der Waals surface area contributed by atoms with Gasteiger partial charge in [-0.2, -0.15) is 0 Å². The van der Waals surface area contributed by atoms with Crippen molar-refractivity contribution in [3.63, 3.8) is 0 Å². The van der Waals surface area contributed by atoms with Gasteiger partial charge in [-0.05, 0) is 50.6 Å². The van der Waals surface area contributed by atoms with Crippen molar-refractivity contribution in [2.24, 2.45) is 11.8 Å². The zero-order chi connectivity index (χ0) is 12.8. The maximum absolute atomic E-state index is 3.82. The number of hydrogen-bond donors (Lipinski definition) is 2. The van der Waals surface area contributed by atoms with Crippen molar-refractivity contribution in [1.82, 2.24) is 10.6 Å². The van der Waals surface area contributed by atoms with Gasteiger partial charge in [0.05, 0.1) is 0 Å². The molecule has 0 aromatic rings. The van der Waals surface area contributed by atoms with Gasteiger partial charge in [-0.1, -0.05) is 39.5 Å². The largest absolute Gasteiger partial charge is 0.312 e. The van der Waals surface area contributed by atoms with Crippen LogP contribution in [0.1, 0.15) is 65.2 Å². The van der Waals surface area contributed by atoms with Crippen LogP contribution in [0.15, 0.2) is 0 Å². The molecule has 2 fully saturated rings. The van der Waals surface area contributed by atoms with E-state index in [2.05, 4.69) is 24.5 Å². The molecular formula is C16H32N2. The van der Waals surface area contributed by atoms with Crippen LogP contribution in [0.25, 0.3) is 0 Å². The smallest absolute Gasteiger partial charge is 0.0251 e. The second-order valence-electron chi connectivity index (χ2n) is 6.26. The van der Waals surface area contributed by atoms with Gasteiger partial charge in [0.1, 0.15) is 0 Å². The lowest BCUT2D eigenvalue weighted by atomic mass is 9.83. The van der Waals surface area contributed by atoms with Crippen LogP contribution in [0, 0.1) is 11.8 Å². The summed E-state index contributed by atoms with van der Waals surface area (Å²) in [5.41, 5.74) is 0. The Morgan fingerprint density at radius 2 is 1.06 bits per heavy atom. The van der Waals surface area contributed by atoms with Gasteiger partial charge in [0.15, 0.2) is 0 Å². The maximum Gasteiger partial charge on any atom is 0.0251 e. The normalized spacial score (nSPS) is 25.7. The van der Waals surface area contributed by atoms with Gasteiger partial charge in [-0.15, -0.1) is 0 Å². The molecule has 0 heterocycles. The summed E-state index contributed by atoms with van der Waals surface area (Å²) in [6.45, 7) is 6.77. The Kier molecular flexibility index (Phi) is 5.97. The highest BCUT2D eigenvalue weighted by Crippen LogP contribution is 2.35. The SMILES string of the molecule is CCNC(C1CCCC1)C(NCC)C1CCCC1. The van der Waals surface area contributed by atoms with Crippen molar-refractivity contribution in [3.8, 4) is 0 Å². The Morgan fingerprint density at radius 3 is 1.33 bits per heavy atom. The summed E-state index contributed by atoms with van der Waals surface area (Å²) >= 11 is 0. The maximum atomic E-state index is 3.82. The minimum Gasteiger partial charge on any atom is -0.312 e. The summed E-state index contributed by atoms with van der Waals surface area (Å²) in [7, 11) is 0. The van der Waals surface area contributed by atoms with Crippen molar-refractivity contribution >= 4 is 0 Å². The minimum absolute atomic E-state index is 0.723. The van der Waals surface area contributed by atoms with Crippen molar-refractivity contribution in [2.45, 2.75) is 77.3 Å². The molecule has 0 aliphatic heterocycles. The summed E-state index contributed by atoms with van der Waals surface area (Å²) in [4.78, 5) is 0. The molecule has 2 unspecified atom stereocenters. The highest BCUT2D eigenvalue weighted by molar-refractivity contribution is 4.94. The van der Waals surface area contributed by atoms with Gasteiger partial charge in [0, 0.05) is 12.1 Å². The molecule has 2 N–H and O–H groups in total. The van der Waals surface area contributed by atoms with E-state index in [9.17, 15) is 0 Å². The standard InChI is InChI=1S/C16H32N2/c1-3-17-15(13-9-5-6-10-13)16(18-4-2)14-11-7-8-12-14/h13-18H,3-12H2,1-2H3. The lowest BCUT2D eigenvalue weighted by Gasteiger charge is -2.37. The number of nitrogens with one attached hydrogen (secondary N) is 2. The number of likely N-dealkylation sites (N-methyl/N-ethyl adjacent to an activating group) is 2. The molecule has 2 atom stereocenters. The van der Waals surface area contributed by atoms with Crippen LogP contribution >= 0.6 is 0 Å². The molecule has 0 saturated heterocycles. The van der Waals surface area contributed by atoms with Gasteiger partial charge in [0.2, 0.25) is 0 Å². The van der Waals surface area contributed by atoms with Gasteiger partial charge < -0.3 is 10.6 Å². The zero-order valence-electron chi connectivity index (χ0n) is 12.4. The third kappa shape index (κ3) is 3.48. The molecule has 0 spiro atoms. The Balaban J connectivity index is 2.02. The van der Waals surface area contributed by atoms with Gasteiger partial charge in [-0.3, -0.25) is 0 Å². The Morgan fingerprint density at radius 1 is 0.722 bits per heavy atom. The predicted octanol–water partition coefficient (Wildman–Crippen LogP) is 3.32. The van der Waals surface area contributed by atoms with Crippen molar-refractivity contribution in [3.05, 3.63) is 0 Å². The van der Waals surface area contributed by atoms with Crippen molar-refractivity contribution in [1.29, 1.82) is 0 Å². The molecule has 2 aliphatic rings. The fourth-order valence-corrected chi connectivity index (χ4v) is 4.28. The Labute approximate surface area is 113 Å². The van der Waals surface area contributed by atoms with Crippen molar-refractivity contribution < 1.29 is 0 Å². The van der Waals surface area contributed by atoms with Crippen LogP contribution < -0.4 is 10.6 Å². The van der Waals surface area contributed by atoms with Crippen LogP contribution in [0.5, 0.6) is 0 Å². The molecule has 0 radical (unpaired) electrons. The molecule has 2 rings (SSSR count). The monoisotopic (exact) mass is 252 g/mol. The summed E-state index contributed by atoms with van der Waals surface area (Å²) < 4.78 is 0. The second-order valence-corrected chi connectivity index (χ2v) is 6.26. The van der Waals surface area contributed by atoms with E-state index in [0.29, 0.717) is 0 Å². The molecule has 2 aliphatic carbocycles. The van der Waals surface area contributed by atoms with Crippen LogP contribution in [0.4, 0.5) is 0 Å². The van der Waals surface area contributed by atoms with Crippen molar-refractivity contribution in [2.75, 3.05) is 13.1 Å². The lowest BCUT2D eigenvalue weighted by molar-refractivity contribution is 0.222. The average molecular weight is 252 g/mol. The van der Waals surface area contributed by atoms with Gasteiger partial charge in [-0.25, -0.2) is 0 Å². The fourth-order valence-electron chi connectivity index (χ4n) is 4.28. The molecule has 2 nitrogen and oxygen atoms in total. The third-order valence-corrected chi connectivity index (χ3v) is 5.08. The molecule has 0 amide bonds. The highest BCUT2D eigenvalue weighted by atomic mass is 15.0. The second kappa shape index (κ2) is 7.49. The third-order valence-electron chi connectivity index (χ3n) is 5.08. The number of hydrogen-bond acceptors (Lipinski definition) is 2. The lowest BCUT2D eigenvalue weighted by Crippen LogP contribution is -2.54. The molecule has 18 heavy (non-hydrogen) atoms. The molecule has 2 saturated carbocycles. The van der Waals surface area contributed by atoms with E-state index in [1.165, 1.54) is 51.4 Å². The van der Waals surface area contributed by atoms with E-state index in [1.807, 2.05) is 0 Å². The first-order valence-electron chi connectivity index (χ1n) is 8.33. The first kappa shape index (κ1) is 14.3. The molecule has 0 aromatic carbocycles. The average Bonchev–Trinajstić information content (AvgIpc) is 3.05. The van der Waals surface area contributed by atoms with Gasteiger partial charge >= 0.3 is 0 Å². The van der Waals surface area contributed by atoms with E-state index in [4.69, 9.17) is 0 Å². The van der Waals surface area contributed by atoms with E-state index < -0.39 is 0 Å². The summed E-state index contributed by atoms with van der Waals surface area (Å²) in [6.07, 6.45) is 11.6.